The van der Waals surface area contributed by atoms with Gasteiger partial charge in [-0.3, -0.25) is 4.31 Å². The summed E-state index contributed by atoms with van der Waals surface area (Å²) in [5, 5.41) is 0. The van der Waals surface area contributed by atoms with Crippen LogP contribution in [0.3, 0.4) is 0 Å². The highest BCUT2D eigenvalue weighted by Gasteiger charge is 2.33. The summed E-state index contributed by atoms with van der Waals surface area (Å²) in [7, 11) is -7.06. The number of anilines is 1. The Hall–Kier alpha value is -2.47. The fraction of sp³-hybridized carbons (Fsp3) is 0.409. The fourth-order valence-electron chi connectivity index (χ4n) is 4.20. The predicted molar refractivity (Wildman–Crippen MR) is 122 cm³/mol. The van der Waals surface area contributed by atoms with Crippen LogP contribution in [0.2, 0.25) is 0 Å². The molecule has 1 saturated heterocycles. The molecule has 1 fully saturated rings. The molecule has 0 aromatic heterocycles. The Morgan fingerprint density at radius 3 is 2.52 bits per heavy atom. The van der Waals surface area contributed by atoms with E-state index >= 15 is 0 Å². The third-order valence-corrected chi connectivity index (χ3v) is 8.87. The number of nitrogens with zero attached hydrogens (tertiary/aromatic N) is 2. The van der Waals surface area contributed by atoms with Gasteiger partial charge in [0, 0.05) is 19.1 Å². The van der Waals surface area contributed by atoms with Gasteiger partial charge in [0.1, 0.15) is 6.61 Å². The van der Waals surface area contributed by atoms with E-state index in [9.17, 15) is 21.6 Å². The minimum Gasteiger partial charge on any atom is -0.457 e. The average Bonchev–Trinajstić information content (AvgIpc) is 3.13. The average molecular weight is 495 g/mol. The first-order valence-corrected chi connectivity index (χ1v) is 13.8. The van der Waals surface area contributed by atoms with E-state index in [4.69, 9.17) is 9.47 Å². The highest BCUT2D eigenvalue weighted by molar-refractivity contribution is 7.92. The summed E-state index contributed by atoms with van der Waals surface area (Å²) in [6, 6.07) is 10.9. The van der Waals surface area contributed by atoms with Gasteiger partial charge in [0.2, 0.25) is 20.0 Å². The molecule has 2 heterocycles. The van der Waals surface area contributed by atoms with Gasteiger partial charge in [-0.15, -0.1) is 0 Å². The van der Waals surface area contributed by atoms with Crippen LogP contribution in [0, 0.1) is 0 Å². The van der Waals surface area contributed by atoms with E-state index in [-0.39, 0.29) is 17.5 Å². The second-order valence-corrected chi connectivity index (χ2v) is 12.0. The summed E-state index contributed by atoms with van der Waals surface area (Å²) in [6.45, 7) is 3.05. The van der Waals surface area contributed by atoms with Crippen molar-refractivity contribution in [3.05, 3.63) is 59.2 Å². The van der Waals surface area contributed by atoms with Crippen LogP contribution in [0.5, 0.6) is 0 Å². The van der Waals surface area contributed by atoms with E-state index in [0.717, 1.165) is 11.8 Å². The van der Waals surface area contributed by atoms with E-state index in [0.29, 0.717) is 49.5 Å². The zero-order valence-electron chi connectivity index (χ0n) is 18.4. The predicted octanol–water partition coefficient (Wildman–Crippen LogP) is 1.78. The molecule has 0 saturated carbocycles. The molecule has 0 bridgehead atoms. The molecule has 2 aliphatic rings. The van der Waals surface area contributed by atoms with Crippen molar-refractivity contribution in [1.82, 2.24) is 4.31 Å². The largest absolute Gasteiger partial charge is 0.457 e. The monoisotopic (exact) mass is 494 g/mol. The maximum absolute atomic E-state index is 12.8. The van der Waals surface area contributed by atoms with Gasteiger partial charge in [-0.1, -0.05) is 12.1 Å². The Bertz CT molecular complexity index is 1270. The number of morpholine rings is 1. The van der Waals surface area contributed by atoms with Crippen LogP contribution < -0.4 is 4.31 Å². The number of hydrogen-bond donors (Lipinski definition) is 0. The van der Waals surface area contributed by atoms with Gasteiger partial charge in [0.05, 0.1) is 35.6 Å². The topological polar surface area (TPSA) is 110 Å². The molecule has 0 N–H and O–H groups in total. The first-order chi connectivity index (χ1) is 15.6. The quantitative estimate of drug-likeness (QED) is 0.563. The molecule has 0 amide bonds. The molecule has 4 rings (SSSR count). The highest BCUT2D eigenvalue weighted by Crippen LogP contribution is 2.34. The molecule has 0 radical (unpaired) electrons. The van der Waals surface area contributed by atoms with Crippen LogP contribution in [0.1, 0.15) is 28.4 Å². The molecule has 2 aromatic carbocycles. The molecule has 1 atom stereocenters. The molecule has 1 unspecified atom stereocenters. The van der Waals surface area contributed by atoms with E-state index in [1.165, 1.54) is 26.8 Å². The number of carbonyl (C=O) groups is 1. The Labute approximate surface area is 194 Å². The van der Waals surface area contributed by atoms with Gasteiger partial charge >= 0.3 is 5.97 Å². The number of sulfonamides is 2. The number of ether oxygens (including phenoxy) is 2. The van der Waals surface area contributed by atoms with Crippen molar-refractivity contribution in [2.75, 3.05) is 36.9 Å². The molecule has 0 aliphatic carbocycles. The third kappa shape index (κ3) is 4.91. The van der Waals surface area contributed by atoms with Gasteiger partial charge in [-0.2, -0.15) is 4.31 Å². The van der Waals surface area contributed by atoms with Gasteiger partial charge in [0.15, 0.2) is 0 Å². The molecule has 33 heavy (non-hydrogen) atoms. The normalized spacial score (nSPS) is 19.3. The molecule has 178 valence electrons. The van der Waals surface area contributed by atoms with Crippen molar-refractivity contribution in [1.29, 1.82) is 0 Å². The second-order valence-electron chi connectivity index (χ2n) is 8.20. The smallest absolute Gasteiger partial charge is 0.338 e. The van der Waals surface area contributed by atoms with Crippen LogP contribution in [0.4, 0.5) is 5.69 Å². The standard InChI is InChI=1S/C22H26N2O7S2/c1-16-12-19-14-18(6-7-21(19)24(16)32(2,26)27)22(25)31-15-17-4-3-5-20(13-17)33(28,29)23-8-10-30-11-9-23/h3-7,13-14,16H,8-12,15H2,1-2H3. The highest BCUT2D eigenvalue weighted by atomic mass is 32.2. The summed E-state index contributed by atoms with van der Waals surface area (Å²) in [5.41, 5.74) is 2.20. The summed E-state index contributed by atoms with van der Waals surface area (Å²) in [6.07, 6.45) is 1.67. The second kappa shape index (κ2) is 9.05. The van der Waals surface area contributed by atoms with Crippen molar-refractivity contribution < 1.29 is 31.1 Å². The van der Waals surface area contributed by atoms with E-state index in [2.05, 4.69) is 0 Å². The third-order valence-electron chi connectivity index (χ3n) is 5.70. The van der Waals surface area contributed by atoms with E-state index in [1.807, 2.05) is 6.92 Å². The first-order valence-electron chi connectivity index (χ1n) is 10.5. The minimum atomic E-state index is -3.65. The van der Waals surface area contributed by atoms with Crippen molar-refractivity contribution in [3.8, 4) is 0 Å². The summed E-state index contributed by atoms with van der Waals surface area (Å²) < 4.78 is 63.2. The lowest BCUT2D eigenvalue weighted by Gasteiger charge is -2.26. The summed E-state index contributed by atoms with van der Waals surface area (Å²) in [5.74, 6) is -0.565. The molecule has 2 aliphatic heterocycles. The van der Waals surface area contributed by atoms with Crippen molar-refractivity contribution in [3.63, 3.8) is 0 Å². The van der Waals surface area contributed by atoms with Crippen LogP contribution in [0.15, 0.2) is 47.4 Å². The van der Waals surface area contributed by atoms with Gasteiger partial charge in [-0.05, 0) is 54.8 Å². The number of fused-ring (bicyclic) bond motifs is 1. The molecular formula is C22H26N2O7S2. The van der Waals surface area contributed by atoms with Gasteiger partial charge in [0.25, 0.3) is 0 Å². The first kappa shape index (κ1) is 23.7. The lowest BCUT2D eigenvalue weighted by atomic mass is 10.1. The maximum atomic E-state index is 12.8. The zero-order valence-corrected chi connectivity index (χ0v) is 20.1. The molecule has 9 nitrogen and oxygen atoms in total. The van der Waals surface area contributed by atoms with Gasteiger partial charge < -0.3 is 9.47 Å². The zero-order chi connectivity index (χ0) is 23.8. The minimum absolute atomic E-state index is 0.0890. The number of carbonyl (C=O) groups excluding carboxylic acids is 1. The molecule has 11 heteroatoms. The Kier molecular flexibility index (Phi) is 6.50. The van der Waals surface area contributed by atoms with Crippen LogP contribution in [-0.4, -0.2) is 65.7 Å². The number of rotatable bonds is 6. The van der Waals surface area contributed by atoms with Crippen molar-refractivity contribution in [2.24, 2.45) is 0 Å². The summed E-state index contributed by atoms with van der Waals surface area (Å²) in [4.78, 5) is 12.8. The molecular weight excluding hydrogens is 468 g/mol. The lowest BCUT2D eigenvalue weighted by Crippen LogP contribution is -2.40. The summed E-state index contributed by atoms with van der Waals surface area (Å²) >= 11 is 0. The van der Waals surface area contributed by atoms with Crippen LogP contribution >= 0.6 is 0 Å². The van der Waals surface area contributed by atoms with Crippen LogP contribution in [-0.2, 0) is 42.5 Å². The molecule has 0 spiro atoms. The van der Waals surface area contributed by atoms with E-state index < -0.39 is 26.0 Å². The number of hydrogen-bond acceptors (Lipinski definition) is 7. The fourth-order valence-corrected chi connectivity index (χ4v) is 6.94. The van der Waals surface area contributed by atoms with Crippen molar-refractivity contribution in [2.45, 2.75) is 30.9 Å². The number of benzene rings is 2. The number of esters is 1. The SMILES string of the molecule is CC1Cc2cc(C(=O)OCc3cccc(S(=O)(=O)N4CCOCC4)c3)ccc2N1S(C)(=O)=O. The Balaban J connectivity index is 1.46. The lowest BCUT2D eigenvalue weighted by molar-refractivity contribution is 0.0472. The molecule has 2 aromatic rings. The van der Waals surface area contributed by atoms with Gasteiger partial charge in [-0.25, -0.2) is 21.6 Å². The van der Waals surface area contributed by atoms with Crippen LogP contribution in [0.25, 0.3) is 0 Å². The maximum Gasteiger partial charge on any atom is 0.338 e. The Morgan fingerprint density at radius 1 is 1.09 bits per heavy atom. The Morgan fingerprint density at radius 2 is 1.82 bits per heavy atom. The van der Waals surface area contributed by atoms with E-state index in [1.54, 1.807) is 24.3 Å². The van der Waals surface area contributed by atoms with Crippen molar-refractivity contribution >= 4 is 31.7 Å².